The average molecular weight is 260 g/mol. The van der Waals surface area contributed by atoms with Gasteiger partial charge in [-0.15, -0.1) is 0 Å². The predicted octanol–water partition coefficient (Wildman–Crippen LogP) is 1.18. The van der Waals surface area contributed by atoms with Gasteiger partial charge in [0, 0.05) is 32.5 Å². The molecule has 0 radical (unpaired) electrons. The van der Waals surface area contributed by atoms with Gasteiger partial charge in [-0.1, -0.05) is 30.3 Å². The first-order valence-electron chi connectivity index (χ1n) is 6.69. The Bertz CT molecular complexity index is 427. The third-order valence-corrected chi connectivity index (χ3v) is 3.75. The fourth-order valence-corrected chi connectivity index (χ4v) is 2.46. The maximum Gasteiger partial charge on any atom is 0.219 e. The van der Waals surface area contributed by atoms with Crippen molar-refractivity contribution in [3.63, 3.8) is 0 Å². The minimum absolute atomic E-state index is 0.00742. The standard InChI is InChI=1S/C15H20N2O2/c1-16-15(19)8-7-14(11-18)17-9-13(10-17)12-5-3-2-4-6-12/h2-6,11,13-14H,7-10H2,1H3,(H,16,19). The number of carbonyl (C=O) groups is 2. The largest absolute Gasteiger partial charge is 0.359 e. The molecule has 1 amide bonds. The van der Waals surface area contributed by atoms with Crippen LogP contribution in [-0.4, -0.2) is 43.3 Å². The number of carbonyl (C=O) groups excluding carboxylic acids is 2. The summed E-state index contributed by atoms with van der Waals surface area (Å²) in [4.78, 5) is 24.5. The van der Waals surface area contributed by atoms with Gasteiger partial charge in [-0.25, -0.2) is 0 Å². The summed E-state index contributed by atoms with van der Waals surface area (Å²) in [5, 5.41) is 2.58. The van der Waals surface area contributed by atoms with Crippen LogP contribution >= 0.6 is 0 Å². The van der Waals surface area contributed by atoms with Gasteiger partial charge in [-0.05, 0) is 12.0 Å². The first kappa shape index (κ1) is 13.7. The molecule has 1 fully saturated rings. The van der Waals surface area contributed by atoms with E-state index in [9.17, 15) is 9.59 Å². The number of aldehydes is 1. The number of amides is 1. The fourth-order valence-electron chi connectivity index (χ4n) is 2.46. The highest BCUT2D eigenvalue weighted by Gasteiger charge is 2.32. The molecule has 102 valence electrons. The van der Waals surface area contributed by atoms with E-state index in [2.05, 4.69) is 22.3 Å². The normalized spacial score (nSPS) is 17.5. The molecule has 1 atom stereocenters. The van der Waals surface area contributed by atoms with Gasteiger partial charge in [0.2, 0.25) is 5.91 Å². The maximum atomic E-state index is 11.2. The van der Waals surface area contributed by atoms with Gasteiger partial charge in [0.05, 0.1) is 6.04 Å². The molecule has 2 rings (SSSR count). The van der Waals surface area contributed by atoms with Crippen molar-refractivity contribution in [2.75, 3.05) is 20.1 Å². The first-order chi connectivity index (χ1) is 9.24. The topological polar surface area (TPSA) is 49.4 Å². The lowest BCUT2D eigenvalue weighted by Gasteiger charge is -2.42. The number of hydrogen-bond acceptors (Lipinski definition) is 3. The lowest BCUT2D eigenvalue weighted by Crippen LogP contribution is -2.51. The second-order valence-corrected chi connectivity index (χ2v) is 4.98. The Morgan fingerprint density at radius 2 is 2.11 bits per heavy atom. The summed E-state index contributed by atoms with van der Waals surface area (Å²) in [7, 11) is 1.62. The van der Waals surface area contributed by atoms with Gasteiger partial charge in [0.15, 0.2) is 0 Å². The summed E-state index contributed by atoms with van der Waals surface area (Å²) < 4.78 is 0. The van der Waals surface area contributed by atoms with Crippen LogP contribution in [-0.2, 0) is 9.59 Å². The van der Waals surface area contributed by atoms with Crippen molar-refractivity contribution >= 4 is 12.2 Å². The second-order valence-electron chi connectivity index (χ2n) is 4.98. The van der Waals surface area contributed by atoms with Crippen molar-refractivity contribution < 1.29 is 9.59 Å². The Hall–Kier alpha value is -1.68. The van der Waals surface area contributed by atoms with Crippen LogP contribution in [0.1, 0.15) is 24.3 Å². The SMILES string of the molecule is CNC(=O)CCC(C=O)N1CC(c2ccccc2)C1. The molecule has 1 aliphatic rings. The Balaban J connectivity index is 1.81. The third-order valence-electron chi connectivity index (χ3n) is 3.75. The highest BCUT2D eigenvalue weighted by molar-refractivity contribution is 5.76. The van der Waals surface area contributed by atoms with Crippen LogP contribution in [0.15, 0.2) is 30.3 Å². The fraction of sp³-hybridized carbons (Fsp3) is 0.467. The van der Waals surface area contributed by atoms with Crippen LogP contribution in [0.3, 0.4) is 0 Å². The predicted molar refractivity (Wildman–Crippen MR) is 73.9 cm³/mol. The van der Waals surface area contributed by atoms with E-state index in [0.29, 0.717) is 18.8 Å². The van der Waals surface area contributed by atoms with Crippen molar-refractivity contribution in [3.05, 3.63) is 35.9 Å². The molecule has 4 heteroatoms. The van der Waals surface area contributed by atoms with Crippen LogP contribution in [0.5, 0.6) is 0 Å². The highest BCUT2D eigenvalue weighted by Crippen LogP contribution is 2.28. The molecule has 1 N–H and O–H groups in total. The lowest BCUT2D eigenvalue weighted by atomic mass is 9.89. The number of nitrogens with zero attached hydrogens (tertiary/aromatic N) is 1. The molecule has 1 heterocycles. The Kier molecular flexibility index (Phi) is 4.68. The summed E-state index contributed by atoms with van der Waals surface area (Å²) in [5.41, 5.74) is 1.33. The molecular formula is C15H20N2O2. The van der Waals surface area contributed by atoms with E-state index in [1.165, 1.54) is 5.56 Å². The third kappa shape index (κ3) is 3.41. The summed E-state index contributed by atoms with van der Waals surface area (Å²) >= 11 is 0. The van der Waals surface area contributed by atoms with Gasteiger partial charge >= 0.3 is 0 Å². The molecule has 0 aromatic heterocycles. The molecule has 1 aliphatic heterocycles. The highest BCUT2D eigenvalue weighted by atomic mass is 16.1. The minimum atomic E-state index is -0.128. The molecule has 0 aliphatic carbocycles. The van der Waals surface area contributed by atoms with Gasteiger partial charge in [-0.3, -0.25) is 9.69 Å². The Labute approximate surface area is 113 Å². The van der Waals surface area contributed by atoms with Crippen LogP contribution < -0.4 is 5.32 Å². The second kappa shape index (κ2) is 6.48. The molecule has 0 saturated carbocycles. The number of likely N-dealkylation sites (tertiary alicyclic amines) is 1. The van der Waals surface area contributed by atoms with Crippen molar-refractivity contribution in [3.8, 4) is 0 Å². The van der Waals surface area contributed by atoms with Gasteiger partial charge in [-0.2, -0.15) is 0 Å². The Morgan fingerprint density at radius 1 is 1.42 bits per heavy atom. The van der Waals surface area contributed by atoms with Gasteiger partial charge in [0.1, 0.15) is 6.29 Å². The van der Waals surface area contributed by atoms with Crippen LogP contribution in [0, 0.1) is 0 Å². The summed E-state index contributed by atoms with van der Waals surface area (Å²) in [6.07, 6.45) is 1.97. The van der Waals surface area contributed by atoms with E-state index >= 15 is 0 Å². The molecule has 1 aromatic rings. The van der Waals surface area contributed by atoms with Crippen molar-refractivity contribution in [2.24, 2.45) is 0 Å². The average Bonchev–Trinajstić information content (AvgIpc) is 2.41. The zero-order valence-corrected chi connectivity index (χ0v) is 11.2. The quantitative estimate of drug-likeness (QED) is 0.781. The van der Waals surface area contributed by atoms with Crippen molar-refractivity contribution in [1.82, 2.24) is 10.2 Å². The lowest BCUT2D eigenvalue weighted by molar-refractivity contribution is -0.121. The van der Waals surface area contributed by atoms with Crippen LogP contribution in [0.4, 0.5) is 0 Å². The zero-order chi connectivity index (χ0) is 13.7. The molecule has 1 saturated heterocycles. The molecule has 1 aromatic carbocycles. The first-order valence-corrected chi connectivity index (χ1v) is 6.69. The molecule has 0 spiro atoms. The number of nitrogens with one attached hydrogen (secondary N) is 1. The molecular weight excluding hydrogens is 240 g/mol. The monoisotopic (exact) mass is 260 g/mol. The van der Waals surface area contributed by atoms with Crippen molar-refractivity contribution in [1.29, 1.82) is 0 Å². The van der Waals surface area contributed by atoms with Crippen LogP contribution in [0.25, 0.3) is 0 Å². The smallest absolute Gasteiger partial charge is 0.219 e. The molecule has 0 bridgehead atoms. The Morgan fingerprint density at radius 3 is 2.68 bits per heavy atom. The number of hydrogen-bond donors (Lipinski definition) is 1. The molecule has 19 heavy (non-hydrogen) atoms. The molecule has 4 nitrogen and oxygen atoms in total. The van der Waals surface area contributed by atoms with Gasteiger partial charge < -0.3 is 10.1 Å². The number of rotatable bonds is 6. The molecule has 1 unspecified atom stereocenters. The van der Waals surface area contributed by atoms with E-state index in [-0.39, 0.29) is 11.9 Å². The number of benzene rings is 1. The maximum absolute atomic E-state index is 11.2. The van der Waals surface area contributed by atoms with Crippen molar-refractivity contribution in [2.45, 2.75) is 24.8 Å². The van der Waals surface area contributed by atoms with E-state index in [1.807, 2.05) is 18.2 Å². The van der Waals surface area contributed by atoms with E-state index in [0.717, 1.165) is 19.4 Å². The minimum Gasteiger partial charge on any atom is -0.359 e. The van der Waals surface area contributed by atoms with Crippen LogP contribution in [0.2, 0.25) is 0 Å². The van der Waals surface area contributed by atoms with Gasteiger partial charge in [0.25, 0.3) is 0 Å². The summed E-state index contributed by atoms with van der Waals surface area (Å²) in [6, 6.07) is 10.2. The summed E-state index contributed by atoms with van der Waals surface area (Å²) in [6.45, 7) is 1.81. The zero-order valence-electron chi connectivity index (χ0n) is 11.2. The van der Waals surface area contributed by atoms with E-state index < -0.39 is 0 Å². The van der Waals surface area contributed by atoms with E-state index in [4.69, 9.17) is 0 Å². The van der Waals surface area contributed by atoms with E-state index in [1.54, 1.807) is 7.05 Å². The summed E-state index contributed by atoms with van der Waals surface area (Å²) in [5.74, 6) is 0.510.